The normalized spacial score (nSPS) is 24.3. The van der Waals surface area contributed by atoms with Crippen LogP contribution in [0.25, 0.3) is 0 Å². The van der Waals surface area contributed by atoms with Crippen LogP contribution in [0, 0.1) is 5.41 Å². The minimum Gasteiger partial charge on any atom is -0.469 e. The van der Waals surface area contributed by atoms with Crippen molar-refractivity contribution in [2.45, 2.75) is 19.3 Å². The summed E-state index contributed by atoms with van der Waals surface area (Å²) in [6.45, 7) is 5.24. The van der Waals surface area contributed by atoms with Gasteiger partial charge in [0.15, 0.2) is 0 Å². The van der Waals surface area contributed by atoms with E-state index in [1.807, 2.05) is 0 Å². The summed E-state index contributed by atoms with van der Waals surface area (Å²) in [7, 11) is 2.74. The number of carbonyl (C=O) groups excluding carboxylic acids is 1. The fourth-order valence-corrected chi connectivity index (χ4v) is 4.32. The zero-order chi connectivity index (χ0) is 14.6. The first-order valence-corrected chi connectivity index (χ1v) is 8.84. The fourth-order valence-electron chi connectivity index (χ4n) is 2.64. The lowest BCUT2D eigenvalue weighted by atomic mass is 10.1. The maximum atomic E-state index is 12.2. The van der Waals surface area contributed by atoms with Gasteiger partial charge in [-0.25, -0.2) is 0 Å². The maximum absolute atomic E-state index is 12.2. The van der Waals surface area contributed by atoms with Crippen molar-refractivity contribution in [3.63, 3.8) is 0 Å². The number of hydrogen-bond donors (Lipinski definition) is 0. The van der Waals surface area contributed by atoms with Crippen molar-refractivity contribution in [2.24, 2.45) is 5.41 Å². The Kier molecular flexibility index (Phi) is 5.57. The number of piperazine rings is 1. The smallest absolute Gasteiger partial charge is 0.306 e. The van der Waals surface area contributed by atoms with Gasteiger partial charge in [-0.05, 0) is 25.3 Å². The van der Waals surface area contributed by atoms with Gasteiger partial charge < -0.3 is 9.64 Å². The SMILES string of the molecule is COC(=O)CC1(CS(=O)CCN2CCN(C)CC2)CC1. The van der Waals surface area contributed by atoms with Gasteiger partial charge in [0.05, 0.1) is 13.5 Å². The molecule has 6 heteroatoms. The van der Waals surface area contributed by atoms with Gasteiger partial charge in [0.25, 0.3) is 0 Å². The van der Waals surface area contributed by atoms with E-state index in [-0.39, 0.29) is 11.4 Å². The lowest BCUT2D eigenvalue weighted by Gasteiger charge is -2.32. The van der Waals surface area contributed by atoms with Gasteiger partial charge in [0.2, 0.25) is 0 Å². The first kappa shape index (κ1) is 15.9. The molecule has 1 atom stereocenters. The van der Waals surface area contributed by atoms with Crippen LogP contribution >= 0.6 is 0 Å². The third-order valence-corrected chi connectivity index (χ3v) is 5.97. The Balaban J connectivity index is 1.66. The summed E-state index contributed by atoms with van der Waals surface area (Å²) in [6, 6.07) is 0. The molecule has 20 heavy (non-hydrogen) atoms. The standard InChI is InChI=1S/C14H26N2O3S/c1-15-5-7-16(8-6-15)9-10-20(18)12-14(3-4-14)11-13(17)19-2/h3-12H2,1-2H3. The number of carbonyl (C=O) groups is 1. The molecule has 0 spiro atoms. The van der Waals surface area contributed by atoms with Crippen molar-refractivity contribution >= 4 is 16.8 Å². The lowest BCUT2D eigenvalue weighted by Crippen LogP contribution is -2.45. The van der Waals surface area contributed by atoms with Crippen LogP contribution < -0.4 is 0 Å². The molecule has 1 saturated carbocycles. The second-order valence-electron chi connectivity index (χ2n) is 6.19. The Bertz CT molecular complexity index is 363. The summed E-state index contributed by atoms with van der Waals surface area (Å²) < 4.78 is 16.9. The van der Waals surface area contributed by atoms with Crippen molar-refractivity contribution in [1.29, 1.82) is 0 Å². The summed E-state index contributed by atoms with van der Waals surface area (Å²) in [5.41, 5.74) is -0.0138. The average Bonchev–Trinajstić information content (AvgIpc) is 3.17. The van der Waals surface area contributed by atoms with Gasteiger partial charge in [0, 0.05) is 55.0 Å². The summed E-state index contributed by atoms with van der Waals surface area (Å²) in [5, 5.41) is 0. The van der Waals surface area contributed by atoms with Crippen molar-refractivity contribution in [1.82, 2.24) is 9.80 Å². The van der Waals surface area contributed by atoms with E-state index in [1.54, 1.807) is 0 Å². The molecule has 0 radical (unpaired) electrons. The van der Waals surface area contributed by atoms with Crippen LogP contribution in [-0.4, -0.2) is 78.4 Å². The van der Waals surface area contributed by atoms with E-state index < -0.39 is 10.8 Å². The van der Waals surface area contributed by atoms with Crippen molar-refractivity contribution in [2.75, 3.05) is 58.4 Å². The minimum atomic E-state index is -0.819. The molecule has 0 N–H and O–H groups in total. The summed E-state index contributed by atoms with van der Waals surface area (Å²) in [5.74, 6) is 1.22. The van der Waals surface area contributed by atoms with Crippen molar-refractivity contribution in [3.05, 3.63) is 0 Å². The number of likely N-dealkylation sites (N-methyl/N-ethyl adjacent to an activating group) is 1. The van der Waals surface area contributed by atoms with Crippen LogP contribution in [0.4, 0.5) is 0 Å². The van der Waals surface area contributed by atoms with Crippen LogP contribution in [0.5, 0.6) is 0 Å². The van der Waals surface area contributed by atoms with Gasteiger partial charge >= 0.3 is 5.97 Å². The van der Waals surface area contributed by atoms with E-state index in [4.69, 9.17) is 4.74 Å². The summed E-state index contributed by atoms with van der Waals surface area (Å²) in [6.07, 6.45) is 2.47. The Morgan fingerprint density at radius 3 is 2.45 bits per heavy atom. The average molecular weight is 302 g/mol. The third-order valence-electron chi connectivity index (χ3n) is 4.40. The molecule has 0 amide bonds. The van der Waals surface area contributed by atoms with Crippen LogP contribution in [0.1, 0.15) is 19.3 Å². The van der Waals surface area contributed by atoms with Crippen LogP contribution in [0.15, 0.2) is 0 Å². The Morgan fingerprint density at radius 1 is 1.25 bits per heavy atom. The molecule has 0 bridgehead atoms. The number of esters is 1. The molecule has 0 aromatic carbocycles. The van der Waals surface area contributed by atoms with Gasteiger partial charge in [-0.2, -0.15) is 0 Å². The zero-order valence-corrected chi connectivity index (χ0v) is 13.4. The highest BCUT2D eigenvalue weighted by atomic mass is 32.2. The molecule has 2 rings (SSSR count). The van der Waals surface area contributed by atoms with E-state index in [0.717, 1.165) is 51.3 Å². The van der Waals surface area contributed by atoms with E-state index in [0.29, 0.717) is 12.2 Å². The third kappa shape index (κ3) is 4.82. The second kappa shape index (κ2) is 7.00. The molecule has 1 aliphatic carbocycles. The topological polar surface area (TPSA) is 49.9 Å². The fraction of sp³-hybridized carbons (Fsp3) is 0.929. The molecule has 2 aliphatic rings. The van der Waals surface area contributed by atoms with Crippen LogP contribution in [0.2, 0.25) is 0 Å². The summed E-state index contributed by atoms with van der Waals surface area (Å²) in [4.78, 5) is 16.1. The number of methoxy groups -OCH3 is 1. The number of hydrogen-bond acceptors (Lipinski definition) is 5. The molecule has 5 nitrogen and oxygen atoms in total. The molecule has 1 saturated heterocycles. The predicted molar refractivity (Wildman–Crippen MR) is 80.1 cm³/mol. The van der Waals surface area contributed by atoms with Gasteiger partial charge in [0.1, 0.15) is 0 Å². The van der Waals surface area contributed by atoms with Crippen molar-refractivity contribution in [3.8, 4) is 0 Å². The first-order chi connectivity index (χ1) is 9.53. The molecule has 0 aromatic heterocycles. The Hall–Kier alpha value is -0.460. The van der Waals surface area contributed by atoms with Gasteiger partial charge in [-0.15, -0.1) is 0 Å². The lowest BCUT2D eigenvalue weighted by molar-refractivity contribution is -0.141. The number of ether oxygens (including phenoxy) is 1. The predicted octanol–water partition coefficient (Wildman–Crippen LogP) is 0.326. The highest BCUT2D eigenvalue weighted by Crippen LogP contribution is 2.49. The molecule has 2 fully saturated rings. The molecule has 1 heterocycles. The minimum absolute atomic E-state index is 0.0138. The molecular formula is C14H26N2O3S. The maximum Gasteiger partial charge on any atom is 0.306 e. The Morgan fingerprint density at radius 2 is 1.90 bits per heavy atom. The second-order valence-corrected chi connectivity index (χ2v) is 7.76. The van der Waals surface area contributed by atoms with E-state index in [1.165, 1.54) is 7.11 Å². The van der Waals surface area contributed by atoms with E-state index in [2.05, 4.69) is 16.8 Å². The quantitative estimate of drug-likeness (QED) is 0.634. The molecular weight excluding hydrogens is 276 g/mol. The molecule has 1 aliphatic heterocycles. The highest BCUT2D eigenvalue weighted by molar-refractivity contribution is 7.85. The molecule has 1 unspecified atom stereocenters. The first-order valence-electron chi connectivity index (χ1n) is 7.36. The van der Waals surface area contributed by atoms with Crippen LogP contribution in [-0.2, 0) is 20.3 Å². The van der Waals surface area contributed by atoms with E-state index >= 15 is 0 Å². The number of nitrogens with zero attached hydrogens (tertiary/aromatic N) is 2. The van der Waals surface area contributed by atoms with Crippen LogP contribution in [0.3, 0.4) is 0 Å². The van der Waals surface area contributed by atoms with E-state index in [9.17, 15) is 9.00 Å². The van der Waals surface area contributed by atoms with Crippen molar-refractivity contribution < 1.29 is 13.7 Å². The van der Waals surface area contributed by atoms with Gasteiger partial charge in [-0.1, -0.05) is 0 Å². The summed E-state index contributed by atoms with van der Waals surface area (Å²) >= 11 is 0. The van der Waals surface area contributed by atoms with Gasteiger partial charge in [-0.3, -0.25) is 13.9 Å². The monoisotopic (exact) mass is 302 g/mol. The zero-order valence-electron chi connectivity index (χ0n) is 12.6. The molecule has 0 aromatic rings. The largest absolute Gasteiger partial charge is 0.469 e. The number of rotatable bonds is 7. The Labute approximate surface area is 124 Å². The highest BCUT2D eigenvalue weighted by Gasteiger charge is 2.45. The molecule has 116 valence electrons.